The molecule has 1 aromatic rings. The molecule has 1 unspecified atom stereocenters. The molecule has 1 aliphatic heterocycles. The number of amides is 1. The molecule has 1 aliphatic rings. The van der Waals surface area contributed by atoms with Crippen molar-refractivity contribution in [2.45, 2.75) is 18.2 Å². The zero-order chi connectivity index (χ0) is 14.5. The number of likely N-dealkylation sites (tertiary alicyclic amines) is 1. The Bertz CT molecular complexity index is 481. The van der Waals surface area contributed by atoms with Gasteiger partial charge in [0.15, 0.2) is 0 Å². The van der Waals surface area contributed by atoms with Crippen molar-refractivity contribution < 1.29 is 4.79 Å². The number of nitrogens with one attached hydrogen (secondary N) is 1. The van der Waals surface area contributed by atoms with Crippen LogP contribution < -0.4 is 5.32 Å². The fraction of sp³-hybridized carbons (Fsp3) is 0.533. The van der Waals surface area contributed by atoms with Crippen molar-refractivity contribution in [1.82, 2.24) is 10.2 Å². The van der Waals surface area contributed by atoms with Crippen molar-refractivity contribution in [1.29, 1.82) is 0 Å². The van der Waals surface area contributed by atoms with Gasteiger partial charge in [0.25, 0.3) is 0 Å². The molecule has 0 saturated carbocycles. The Kier molecular flexibility index (Phi) is 5.93. The zero-order valence-electron chi connectivity index (χ0n) is 12.0. The van der Waals surface area contributed by atoms with Gasteiger partial charge in [-0.1, -0.05) is 15.9 Å². The molecule has 5 heteroatoms. The second kappa shape index (κ2) is 7.48. The van der Waals surface area contributed by atoms with E-state index >= 15 is 0 Å². The maximum Gasteiger partial charge on any atom is 0.232 e. The number of carbonyl (C=O) groups is 1. The van der Waals surface area contributed by atoms with Gasteiger partial charge in [0.2, 0.25) is 5.91 Å². The third kappa shape index (κ3) is 4.24. The lowest BCUT2D eigenvalue weighted by atomic mass is 10.1. The highest BCUT2D eigenvalue weighted by Gasteiger charge is 2.25. The Morgan fingerprint density at radius 1 is 1.55 bits per heavy atom. The maximum absolute atomic E-state index is 12.2. The summed E-state index contributed by atoms with van der Waals surface area (Å²) in [6.45, 7) is 4.89. The van der Waals surface area contributed by atoms with Crippen molar-refractivity contribution in [2.75, 3.05) is 32.4 Å². The summed E-state index contributed by atoms with van der Waals surface area (Å²) in [4.78, 5) is 15.4. The van der Waals surface area contributed by atoms with E-state index in [1.165, 1.54) is 10.5 Å². The van der Waals surface area contributed by atoms with Crippen LogP contribution in [0.25, 0.3) is 0 Å². The van der Waals surface area contributed by atoms with Crippen LogP contribution in [0.2, 0.25) is 0 Å². The summed E-state index contributed by atoms with van der Waals surface area (Å²) in [5.41, 5.74) is 1.21. The fourth-order valence-electron chi connectivity index (χ4n) is 2.52. The van der Waals surface area contributed by atoms with Crippen molar-refractivity contribution in [3.05, 3.63) is 28.2 Å². The van der Waals surface area contributed by atoms with E-state index in [4.69, 9.17) is 0 Å². The lowest BCUT2D eigenvalue weighted by Gasteiger charge is -2.16. The number of hydrogen-bond donors (Lipinski definition) is 1. The average Bonchev–Trinajstić information content (AvgIpc) is 2.86. The van der Waals surface area contributed by atoms with Crippen molar-refractivity contribution in [3.8, 4) is 0 Å². The number of halogens is 1. The predicted octanol–water partition coefficient (Wildman–Crippen LogP) is 2.92. The van der Waals surface area contributed by atoms with Crippen LogP contribution in [-0.2, 0) is 4.79 Å². The number of benzene rings is 1. The topological polar surface area (TPSA) is 32.3 Å². The Morgan fingerprint density at radius 2 is 2.35 bits per heavy atom. The van der Waals surface area contributed by atoms with Gasteiger partial charge in [-0.3, -0.25) is 4.79 Å². The molecule has 1 atom stereocenters. The smallest absolute Gasteiger partial charge is 0.232 e. The van der Waals surface area contributed by atoms with Crippen molar-refractivity contribution in [3.63, 3.8) is 0 Å². The monoisotopic (exact) mass is 356 g/mol. The Labute approximate surface area is 133 Å². The highest BCUT2D eigenvalue weighted by molar-refractivity contribution is 9.10. The number of thioether (sulfide) groups is 1. The molecule has 1 fully saturated rings. The number of hydrogen-bond acceptors (Lipinski definition) is 3. The number of carbonyl (C=O) groups excluding carboxylic acids is 1. The van der Waals surface area contributed by atoms with Gasteiger partial charge < -0.3 is 10.2 Å². The quantitative estimate of drug-likeness (QED) is 0.823. The van der Waals surface area contributed by atoms with Gasteiger partial charge in [-0.05, 0) is 56.6 Å². The molecule has 20 heavy (non-hydrogen) atoms. The van der Waals surface area contributed by atoms with Crippen LogP contribution in [-0.4, -0.2) is 43.2 Å². The SMILES string of the molecule is CNCC1CCN(C(=O)CSc2ccc(Br)cc2C)C1. The van der Waals surface area contributed by atoms with Crippen molar-refractivity contribution >= 4 is 33.6 Å². The van der Waals surface area contributed by atoms with E-state index in [0.29, 0.717) is 11.7 Å². The minimum atomic E-state index is 0.260. The van der Waals surface area contributed by atoms with E-state index in [9.17, 15) is 4.79 Å². The molecule has 110 valence electrons. The minimum absolute atomic E-state index is 0.260. The first-order valence-corrected chi connectivity index (χ1v) is 8.69. The van der Waals surface area contributed by atoms with Gasteiger partial charge in [-0.15, -0.1) is 11.8 Å². The Morgan fingerprint density at radius 3 is 3.05 bits per heavy atom. The normalized spacial score (nSPS) is 18.6. The largest absolute Gasteiger partial charge is 0.342 e. The second-order valence-corrected chi connectivity index (χ2v) is 7.18. The summed E-state index contributed by atoms with van der Waals surface area (Å²) < 4.78 is 1.08. The van der Waals surface area contributed by atoms with Crippen LogP contribution >= 0.6 is 27.7 Å². The average molecular weight is 357 g/mol. The number of rotatable bonds is 5. The molecule has 0 bridgehead atoms. The van der Waals surface area contributed by atoms with Gasteiger partial charge in [0.05, 0.1) is 5.75 Å². The second-order valence-electron chi connectivity index (χ2n) is 5.25. The van der Waals surface area contributed by atoms with Crippen molar-refractivity contribution in [2.24, 2.45) is 5.92 Å². The zero-order valence-corrected chi connectivity index (χ0v) is 14.4. The van der Waals surface area contributed by atoms with E-state index in [2.05, 4.69) is 40.3 Å². The lowest BCUT2D eigenvalue weighted by Crippen LogP contribution is -2.31. The van der Waals surface area contributed by atoms with Crippen LogP contribution in [0.5, 0.6) is 0 Å². The van der Waals surface area contributed by atoms with E-state index in [-0.39, 0.29) is 5.91 Å². The Hall–Kier alpha value is -0.520. The molecular weight excluding hydrogens is 336 g/mol. The molecule has 1 heterocycles. The lowest BCUT2D eigenvalue weighted by molar-refractivity contribution is -0.127. The van der Waals surface area contributed by atoms with Crippen LogP contribution in [0.4, 0.5) is 0 Å². The minimum Gasteiger partial charge on any atom is -0.342 e. The molecule has 1 amide bonds. The summed E-state index contributed by atoms with van der Waals surface area (Å²) >= 11 is 5.10. The first-order valence-electron chi connectivity index (χ1n) is 6.91. The van der Waals surface area contributed by atoms with E-state index in [0.717, 1.165) is 30.5 Å². The third-order valence-corrected chi connectivity index (χ3v) is 5.27. The molecule has 0 aromatic heterocycles. The number of nitrogens with zero attached hydrogens (tertiary/aromatic N) is 1. The maximum atomic E-state index is 12.2. The first-order chi connectivity index (χ1) is 9.60. The third-order valence-electron chi connectivity index (χ3n) is 3.62. The fourth-order valence-corrected chi connectivity index (χ4v) is 3.91. The standard InChI is InChI=1S/C15H21BrN2OS/c1-11-7-13(16)3-4-14(11)20-10-15(19)18-6-5-12(9-18)8-17-2/h3-4,7,12,17H,5-6,8-10H2,1-2H3. The summed E-state index contributed by atoms with van der Waals surface area (Å²) in [5.74, 6) is 1.41. The summed E-state index contributed by atoms with van der Waals surface area (Å²) in [6, 6.07) is 6.19. The molecule has 0 radical (unpaired) electrons. The van der Waals surface area contributed by atoms with Gasteiger partial charge in [-0.25, -0.2) is 0 Å². The van der Waals surface area contributed by atoms with Crippen LogP contribution in [0.3, 0.4) is 0 Å². The molecule has 1 N–H and O–H groups in total. The highest BCUT2D eigenvalue weighted by Crippen LogP contribution is 2.26. The van der Waals surface area contributed by atoms with E-state index in [1.54, 1.807) is 11.8 Å². The van der Waals surface area contributed by atoms with Crippen LogP contribution in [0, 0.1) is 12.8 Å². The molecule has 1 aromatic carbocycles. The van der Waals surface area contributed by atoms with E-state index in [1.807, 2.05) is 18.0 Å². The molecule has 0 aliphatic carbocycles. The summed E-state index contributed by atoms with van der Waals surface area (Å²) in [6.07, 6.45) is 1.12. The van der Waals surface area contributed by atoms with Gasteiger partial charge in [-0.2, -0.15) is 0 Å². The highest BCUT2D eigenvalue weighted by atomic mass is 79.9. The van der Waals surface area contributed by atoms with Gasteiger partial charge in [0, 0.05) is 22.5 Å². The summed E-state index contributed by atoms with van der Waals surface area (Å²) in [7, 11) is 1.97. The summed E-state index contributed by atoms with van der Waals surface area (Å²) in [5, 5.41) is 3.19. The molecule has 3 nitrogen and oxygen atoms in total. The van der Waals surface area contributed by atoms with Gasteiger partial charge >= 0.3 is 0 Å². The number of aryl methyl sites for hydroxylation is 1. The van der Waals surface area contributed by atoms with Gasteiger partial charge in [0.1, 0.15) is 0 Å². The molecular formula is C15H21BrN2OS. The molecule has 0 spiro atoms. The predicted molar refractivity (Wildman–Crippen MR) is 88.2 cm³/mol. The van der Waals surface area contributed by atoms with E-state index < -0.39 is 0 Å². The van der Waals surface area contributed by atoms with Crippen LogP contribution in [0.15, 0.2) is 27.6 Å². The molecule has 2 rings (SSSR count). The van der Waals surface area contributed by atoms with Crippen LogP contribution in [0.1, 0.15) is 12.0 Å². The first kappa shape index (κ1) is 15.9. The Balaban J connectivity index is 1.83. The molecule has 1 saturated heterocycles.